The molecule has 0 bridgehead atoms. The molecule has 66 valence electrons. The van der Waals surface area contributed by atoms with E-state index in [9.17, 15) is 4.79 Å². The molecule has 0 aliphatic heterocycles. The van der Waals surface area contributed by atoms with Gasteiger partial charge in [-0.3, -0.25) is 16.1 Å². The molecular formula is C8H13N3O. The molecule has 0 radical (unpaired) electrons. The Morgan fingerprint density at radius 1 is 1.50 bits per heavy atom. The van der Waals surface area contributed by atoms with Gasteiger partial charge in [0.05, 0.1) is 6.54 Å². The molecule has 0 atom stereocenters. The summed E-state index contributed by atoms with van der Waals surface area (Å²) < 4.78 is 0. The van der Waals surface area contributed by atoms with E-state index in [2.05, 4.69) is 23.9 Å². The fraction of sp³-hybridized carbons (Fsp3) is 0.125. The number of hydrazine groups is 1. The summed E-state index contributed by atoms with van der Waals surface area (Å²) in [7, 11) is 0. The van der Waals surface area contributed by atoms with Crippen LogP contribution in [0.3, 0.4) is 0 Å². The first-order valence-electron chi connectivity index (χ1n) is 3.43. The largest absolute Gasteiger partial charge is 0.325 e. The van der Waals surface area contributed by atoms with Crippen LogP contribution in [-0.4, -0.2) is 12.5 Å². The number of carbonyl (C=O) groups is 1. The van der Waals surface area contributed by atoms with Crippen molar-refractivity contribution in [1.82, 2.24) is 10.7 Å². The fourth-order valence-corrected chi connectivity index (χ4v) is 0.586. The average Bonchev–Trinajstić information content (AvgIpc) is 2.04. The second-order valence-electron chi connectivity index (χ2n) is 1.99. The maximum atomic E-state index is 10.9. The second kappa shape index (κ2) is 6.33. The normalized spacial score (nSPS) is 10.6. The Kier molecular flexibility index (Phi) is 5.60. The van der Waals surface area contributed by atoms with Gasteiger partial charge < -0.3 is 5.32 Å². The number of rotatable bonds is 5. The number of hydrogen-bond acceptors (Lipinski definition) is 3. The van der Waals surface area contributed by atoms with Crippen molar-refractivity contribution < 1.29 is 4.79 Å². The smallest absolute Gasteiger partial charge is 0.239 e. The SMILES string of the molecule is C=C/C=C(\C=C)NC(=O)CNN. The lowest BCUT2D eigenvalue weighted by Crippen LogP contribution is -2.36. The zero-order valence-corrected chi connectivity index (χ0v) is 6.84. The lowest BCUT2D eigenvalue weighted by molar-refractivity contribution is -0.119. The van der Waals surface area contributed by atoms with Crippen LogP contribution >= 0.6 is 0 Å². The predicted octanol–water partition coefficient (Wildman–Crippen LogP) is -0.178. The molecule has 0 aliphatic carbocycles. The molecule has 0 fully saturated rings. The minimum absolute atomic E-state index is 0.0717. The zero-order valence-electron chi connectivity index (χ0n) is 6.84. The van der Waals surface area contributed by atoms with Gasteiger partial charge in [0.25, 0.3) is 0 Å². The monoisotopic (exact) mass is 167 g/mol. The van der Waals surface area contributed by atoms with Crippen molar-refractivity contribution in [3.8, 4) is 0 Å². The Balaban J connectivity index is 4.02. The number of allylic oxidation sites excluding steroid dienone is 3. The molecule has 4 heteroatoms. The van der Waals surface area contributed by atoms with Crippen LogP contribution in [-0.2, 0) is 4.79 Å². The van der Waals surface area contributed by atoms with E-state index in [-0.39, 0.29) is 12.5 Å². The number of carbonyl (C=O) groups excluding carboxylic acids is 1. The maximum Gasteiger partial charge on any atom is 0.239 e. The predicted molar refractivity (Wildman–Crippen MR) is 48.8 cm³/mol. The molecule has 0 rings (SSSR count). The van der Waals surface area contributed by atoms with E-state index in [1.807, 2.05) is 0 Å². The molecule has 12 heavy (non-hydrogen) atoms. The molecule has 4 nitrogen and oxygen atoms in total. The van der Waals surface area contributed by atoms with E-state index < -0.39 is 0 Å². The van der Waals surface area contributed by atoms with Crippen LogP contribution in [0.25, 0.3) is 0 Å². The van der Waals surface area contributed by atoms with Crippen LogP contribution in [0.4, 0.5) is 0 Å². The van der Waals surface area contributed by atoms with Gasteiger partial charge in [0.1, 0.15) is 0 Å². The van der Waals surface area contributed by atoms with Gasteiger partial charge >= 0.3 is 0 Å². The van der Waals surface area contributed by atoms with Crippen LogP contribution in [0, 0.1) is 0 Å². The third kappa shape index (κ3) is 4.43. The lowest BCUT2D eigenvalue weighted by Gasteiger charge is -2.03. The molecule has 0 aromatic heterocycles. The van der Waals surface area contributed by atoms with E-state index >= 15 is 0 Å². The van der Waals surface area contributed by atoms with Crippen molar-refractivity contribution in [2.45, 2.75) is 0 Å². The highest BCUT2D eigenvalue weighted by Crippen LogP contribution is 1.89. The minimum Gasteiger partial charge on any atom is -0.325 e. The van der Waals surface area contributed by atoms with Gasteiger partial charge in [0.2, 0.25) is 5.91 Å². The van der Waals surface area contributed by atoms with Crippen LogP contribution in [0.2, 0.25) is 0 Å². The molecule has 0 aliphatic rings. The molecule has 0 aromatic rings. The summed E-state index contributed by atoms with van der Waals surface area (Å²) in [5.41, 5.74) is 2.84. The number of hydrogen-bond donors (Lipinski definition) is 3. The minimum atomic E-state index is -0.217. The van der Waals surface area contributed by atoms with Crippen molar-refractivity contribution in [3.63, 3.8) is 0 Å². The standard InChI is InChI=1S/C8H13N3O/c1-3-5-7(4-2)11-8(12)6-10-9/h3-5,10H,1-2,6,9H2,(H,11,12)/b7-5+. The lowest BCUT2D eigenvalue weighted by atomic mass is 10.3. The Labute approximate surface area is 71.8 Å². The highest BCUT2D eigenvalue weighted by Gasteiger charge is 1.98. The zero-order chi connectivity index (χ0) is 9.40. The molecule has 0 heterocycles. The highest BCUT2D eigenvalue weighted by atomic mass is 16.2. The molecular weight excluding hydrogens is 154 g/mol. The van der Waals surface area contributed by atoms with Crippen LogP contribution in [0.5, 0.6) is 0 Å². The Bertz CT molecular complexity index is 208. The van der Waals surface area contributed by atoms with E-state index in [1.54, 1.807) is 12.2 Å². The summed E-state index contributed by atoms with van der Waals surface area (Å²) in [6.45, 7) is 7.07. The van der Waals surface area contributed by atoms with E-state index in [4.69, 9.17) is 5.84 Å². The topological polar surface area (TPSA) is 67.2 Å². The van der Waals surface area contributed by atoms with Gasteiger partial charge in [-0.05, 0) is 12.2 Å². The molecule has 0 saturated carbocycles. The Hall–Kier alpha value is -1.39. The first-order valence-corrected chi connectivity index (χ1v) is 3.43. The van der Waals surface area contributed by atoms with Crippen molar-refractivity contribution in [1.29, 1.82) is 0 Å². The van der Waals surface area contributed by atoms with Gasteiger partial charge in [0, 0.05) is 5.70 Å². The molecule has 0 spiro atoms. The second-order valence-corrected chi connectivity index (χ2v) is 1.99. The summed E-state index contributed by atoms with van der Waals surface area (Å²) in [6, 6.07) is 0. The number of nitrogens with one attached hydrogen (secondary N) is 2. The first kappa shape index (κ1) is 10.6. The average molecular weight is 167 g/mol. The van der Waals surface area contributed by atoms with Gasteiger partial charge in [-0.15, -0.1) is 0 Å². The van der Waals surface area contributed by atoms with Gasteiger partial charge in [-0.1, -0.05) is 19.2 Å². The third-order valence-corrected chi connectivity index (χ3v) is 1.06. The number of nitrogens with two attached hydrogens (primary N) is 1. The fourth-order valence-electron chi connectivity index (χ4n) is 0.586. The van der Waals surface area contributed by atoms with E-state index in [1.165, 1.54) is 6.08 Å². The Morgan fingerprint density at radius 2 is 2.17 bits per heavy atom. The van der Waals surface area contributed by atoms with E-state index in [0.717, 1.165) is 0 Å². The summed E-state index contributed by atoms with van der Waals surface area (Å²) in [5, 5.41) is 2.56. The summed E-state index contributed by atoms with van der Waals surface area (Å²) in [4.78, 5) is 10.9. The van der Waals surface area contributed by atoms with Crippen molar-refractivity contribution >= 4 is 5.91 Å². The van der Waals surface area contributed by atoms with Crippen molar-refractivity contribution in [2.24, 2.45) is 5.84 Å². The summed E-state index contributed by atoms with van der Waals surface area (Å²) >= 11 is 0. The maximum absolute atomic E-state index is 10.9. The van der Waals surface area contributed by atoms with Gasteiger partial charge in [-0.2, -0.15) is 0 Å². The van der Waals surface area contributed by atoms with E-state index in [0.29, 0.717) is 5.70 Å². The van der Waals surface area contributed by atoms with Crippen LogP contribution in [0.15, 0.2) is 37.1 Å². The van der Waals surface area contributed by atoms with Crippen molar-refractivity contribution in [2.75, 3.05) is 6.54 Å². The molecule has 0 saturated heterocycles. The van der Waals surface area contributed by atoms with Gasteiger partial charge in [0.15, 0.2) is 0 Å². The number of amides is 1. The quantitative estimate of drug-likeness (QED) is 0.302. The molecule has 0 unspecified atom stereocenters. The van der Waals surface area contributed by atoms with Crippen LogP contribution < -0.4 is 16.6 Å². The highest BCUT2D eigenvalue weighted by molar-refractivity contribution is 5.80. The van der Waals surface area contributed by atoms with Gasteiger partial charge in [-0.25, -0.2) is 0 Å². The summed E-state index contributed by atoms with van der Waals surface area (Å²) in [5.74, 6) is 4.73. The molecule has 1 amide bonds. The van der Waals surface area contributed by atoms with Crippen molar-refractivity contribution in [3.05, 3.63) is 37.1 Å². The molecule has 0 aromatic carbocycles. The summed E-state index contributed by atoms with van der Waals surface area (Å²) in [6.07, 6.45) is 4.73. The first-order chi connectivity index (χ1) is 5.74. The van der Waals surface area contributed by atoms with Crippen LogP contribution in [0.1, 0.15) is 0 Å². The Morgan fingerprint density at radius 3 is 2.58 bits per heavy atom. The third-order valence-electron chi connectivity index (χ3n) is 1.06. The molecule has 4 N–H and O–H groups in total.